The number of nitrogens with one attached hydrogen (secondary N) is 1. The van der Waals surface area contributed by atoms with Crippen molar-refractivity contribution >= 4 is 28.5 Å². The Kier molecular flexibility index (Phi) is 5.36. The Labute approximate surface area is 176 Å². The third-order valence-corrected chi connectivity index (χ3v) is 4.62. The maximum absolute atomic E-state index is 12.8. The highest BCUT2D eigenvalue weighted by atomic mass is 16.5. The first kappa shape index (κ1) is 20.1. The lowest BCUT2D eigenvalue weighted by molar-refractivity contribution is -0.114. The second-order valence-electron chi connectivity index (χ2n) is 6.89. The SMILES string of the molecule is CC(=O)Nc1ccc2c(COC(=O)c3c(-c4ccccc4)noc3C)cc(=O)oc2c1. The van der Waals surface area contributed by atoms with Crippen LogP contribution in [0.2, 0.25) is 0 Å². The van der Waals surface area contributed by atoms with Gasteiger partial charge >= 0.3 is 11.6 Å². The van der Waals surface area contributed by atoms with Gasteiger partial charge in [0.25, 0.3) is 0 Å². The summed E-state index contributed by atoms with van der Waals surface area (Å²) < 4.78 is 15.9. The molecule has 2 heterocycles. The van der Waals surface area contributed by atoms with Gasteiger partial charge in [-0.2, -0.15) is 0 Å². The minimum atomic E-state index is -0.617. The second-order valence-corrected chi connectivity index (χ2v) is 6.89. The summed E-state index contributed by atoms with van der Waals surface area (Å²) >= 11 is 0. The van der Waals surface area contributed by atoms with E-state index in [1.807, 2.05) is 30.3 Å². The van der Waals surface area contributed by atoms with Crippen molar-refractivity contribution in [3.05, 3.63) is 81.9 Å². The molecule has 156 valence electrons. The molecule has 0 fully saturated rings. The number of hydrogen-bond donors (Lipinski definition) is 1. The van der Waals surface area contributed by atoms with Gasteiger partial charge in [-0.25, -0.2) is 9.59 Å². The fourth-order valence-electron chi connectivity index (χ4n) is 3.25. The van der Waals surface area contributed by atoms with Crippen molar-refractivity contribution in [2.24, 2.45) is 0 Å². The molecule has 0 atom stereocenters. The summed E-state index contributed by atoms with van der Waals surface area (Å²) in [5.74, 6) is -0.528. The lowest BCUT2D eigenvalue weighted by Gasteiger charge is -2.09. The zero-order valence-electron chi connectivity index (χ0n) is 16.8. The van der Waals surface area contributed by atoms with Crippen LogP contribution in [0.3, 0.4) is 0 Å². The summed E-state index contributed by atoms with van der Waals surface area (Å²) in [6, 6.07) is 15.3. The first-order valence-electron chi connectivity index (χ1n) is 9.45. The summed E-state index contributed by atoms with van der Waals surface area (Å²) in [4.78, 5) is 36.1. The number of esters is 1. The average Bonchev–Trinajstić information content (AvgIpc) is 3.13. The predicted octanol–water partition coefficient (Wildman–Crippen LogP) is 4.07. The number of aromatic nitrogens is 1. The lowest BCUT2D eigenvalue weighted by atomic mass is 10.1. The van der Waals surface area contributed by atoms with Crippen LogP contribution in [0.4, 0.5) is 5.69 Å². The molecule has 0 radical (unpaired) electrons. The molecule has 0 saturated carbocycles. The number of amides is 1. The van der Waals surface area contributed by atoms with Crippen LogP contribution in [0.5, 0.6) is 0 Å². The smallest absolute Gasteiger partial charge is 0.344 e. The molecule has 2 aromatic heterocycles. The number of fused-ring (bicyclic) bond motifs is 1. The van der Waals surface area contributed by atoms with E-state index in [4.69, 9.17) is 13.7 Å². The number of carbonyl (C=O) groups is 2. The van der Waals surface area contributed by atoms with Crippen molar-refractivity contribution in [3.8, 4) is 11.3 Å². The van der Waals surface area contributed by atoms with Gasteiger partial charge in [0.2, 0.25) is 5.91 Å². The van der Waals surface area contributed by atoms with E-state index in [9.17, 15) is 14.4 Å². The van der Waals surface area contributed by atoms with E-state index < -0.39 is 11.6 Å². The van der Waals surface area contributed by atoms with Crippen LogP contribution >= 0.6 is 0 Å². The zero-order valence-corrected chi connectivity index (χ0v) is 16.8. The highest BCUT2D eigenvalue weighted by Crippen LogP contribution is 2.27. The Morgan fingerprint density at radius 1 is 1.10 bits per heavy atom. The minimum Gasteiger partial charge on any atom is -0.457 e. The number of rotatable bonds is 5. The molecule has 0 aliphatic rings. The maximum Gasteiger partial charge on any atom is 0.344 e. The monoisotopic (exact) mass is 418 g/mol. The summed E-state index contributed by atoms with van der Waals surface area (Å²) in [5, 5.41) is 7.20. The molecule has 4 rings (SSSR count). The van der Waals surface area contributed by atoms with Crippen molar-refractivity contribution in [1.29, 1.82) is 0 Å². The number of anilines is 1. The molecule has 8 nitrogen and oxygen atoms in total. The highest BCUT2D eigenvalue weighted by Gasteiger charge is 2.23. The Balaban J connectivity index is 1.62. The fourth-order valence-corrected chi connectivity index (χ4v) is 3.25. The first-order valence-corrected chi connectivity index (χ1v) is 9.45. The number of aryl methyl sites for hydroxylation is 1. The average molecular weight is 418 g/mol. The molecule has 4 aromatic rings. The van der Waals surface area contributed by atoms with Crippen LogP contribution in [0.25, 0.3) is 22.2 Å². The van der Waals surface area contributed by atoms with Crippen LogP contribution in [0.15, 0.2) is 68.3 Å². The third kappa shape index (κ3) is 4.23. The van der Waals surface area contributed by atoms with E-state index in [1.165, 1.54) is 13.0 Å². The van der Waals surface area contributed by atoms with Gasteiger partial charge in [-0.3, -0.25) is 4.79 Å². The van der Waals surface area contributed by atoms with Crippen molar-refractivity contribution < 1.29 is 23.3 Å². The van der Waals surface area contributed by atoms with Gasteiger partial charge in [-0.1, -0.05) is 35.5 Å². The topological polar surface area (TPSA) is 112 Å². The highest BCUT2D eigenvalue weighted by molar-refractivity contribution is 5.97. The molecule has 0 aliphatic heterocycles. The van der Waals surface area contributed by atoms with Crippen LogP contribution in [-0.2, 0) is 16.1 Å². The normalized spacial score (nSPS) is 10.8. The molecule has 0 aliphatic carbocycles. The van der Waals surface area contributed by atoms with Crippen molar-refractivity contribution in [2.75, 3.05) is 5.32 Å². The molecule has 0 spiro atoms. The van der Waals surface area contributed by atoms with Crippen LogP contribution < -0.4 is 10.9 Å². The van der Waals surface area contributed by atoms with E-state index in [-0.39, 0.29) is 23.7 Å². The number of benzene rings is 2. The van der Waals surface area contributed by atoms with Crippen molar-refractivity contribution in [2.45, 2.75) is 20.5 Å². The van der Waals surface area contributed by atoms with Gasteiger partial charge < -0.3 is 19.0 Å². The molecular weight excluding hydrogens is 400 g/mol. The molecule has 0 saturated heterocycles. The maximum atomic E-state index is 12.8. The van der Waals surface area contributed by atoms with E-state index in [2.05, 4.69) is 10.5 Å². The number of nitrogens with zero attached hydrogens (tertiary/aromatic N) is 1. The Morgan fingerprint density at radius 3 is 2.61 bits per heavy atom. The van der Waals surface area contributed by atoms with E-state index in [0.717, 1.165) is 5.56 Å². The summed E-state index contributed by atoms with van der Waals surface area (Å²) in [7, 11) is 0. The Hall–Kier alpha value is -4.20. The van der Waals surface area contributed by atoms with Gasteiger partial charge in [-0.05, 0) is 19.1 Å². The van der Waals surface area contributed by atoms with Crippen LogP contribution in [-0.4, -0.2) is 17.0 Å². The van der Waals surface area contributed by atoms with Crippen molar-refractivity contribution in [3.63, 3.8) is 0 Å². The summed E-state index contributed by atoms with van der Waals surface area (Å²) in [5.41, 5.74) is 1.99. The molecule has 0 unspecified atom stereocenters. The van der Waals surface area contributed by atoms with Gasteiger partial charge in [0.05, 0.1) is 0 Å². The molecule has 1 N–H and O–H groups in total. The summed E-state index contributed by atoms with van der Waals surface area (Å²) in [6.45, 7) is 2.86. The third-order valence-electron chi connectivity index (χ3n) is 4.62. The first-order chi connectivity index (χ1) is 14.9. The summed E-state index contributed by atoms with van der Waals surface area (Å²) in [6.07, 6.45) is 0. The van der Waals surface area contributed by atoms with Gasteiger partial charge in [0, 0.05) is 41.3 Å². The van der Waals surface area contributed by atoms with E-state index in [0.29, 0.717) is 28.1 Å². The molecule has 0 bridgehead atoms. The van der Waals surface area contributed by atoms with E-state index >= 15 is 0 Å². The van der Waals surface area contributed by atoms with Crippen LogP contribution in [0.1, 0.15) is 28.6 Å². The lowest BCUT2D eigenvalue weighted by Crippen LogP contribution is -2.10. The largest absolute Gasteiger partial charge is 0.457 e. The van der Waals surface area contributed by atoms with E-state index in [1.54, 1.807) is 25.1 Å². The number of carbonyl (C=O) groups excluding carboxylic acids is 2. The second kappa shape index (κ2) is 8.27. The van der Waals surface area contributed by atoms with Crippen LogP contribution in [0, 0.1) is 6.92 Å². The number of ether oxygens (including phenoxy) is 1. The fraction of sp³-hybridized carbons (Fsp3) is 0.130. The van der Waals surface area contributed by atoms with Crippen molar-refractivity contribution in [1.82, 2.24) is 5.16 Å². The molecule has 8 heteroatoms. The Morgan fingerprint density at radius 2 is 1.87 bits per heavy atom. The molecule has 31 heavy (non-hydrogen) atoms. The minimum absolute atomic E-state index is 0.154. The standard InChI is InChI=1S/C23H18N2O6/c1-13-21(22(25-31-13)15-6-4-3-5-7-15)23(28)29-12-16-10-20(27)30-19-11-17(24-14(2)26)8-9-18(16)19/h3-11H,12H2,1-2H3,(H,24,26). The molecule has 2 aromatic carbocycles. The quantitative estimate of drug-likeness (QED) is 0.384. The molecule has 1 amide bonds. The molecular formula is C23H18N2O6. The van der Waals surface area contributed by atoms with Gasteiger partial charge in [-0.15, -0.1) is 0 Å². The number of hydrogen-bond acceptors (Lipinski definition) is 7. The van der Waals surface area contributed by atoms with Gasteiger partial charge in [0.15, 0.2) is 0 Å². The Bertz CT molecular complexity index is 1340. The predicted molar refractivity (Wildman–Crippen MR) is 113 cm³/mol. The zero-order chi connectivity index (χ0) is 22.0. The van der Waals surface area contributed by atoms with Gasteiger partial charge in [0.1, 0.15) is 29.2 Å².